The van der Waals surface area contributed by atoms with Crippen molar-refractivity contribution in [1.82, 2.24) is 20.1 Å². The Kier molecular flexibility index (Phi) is 5.56. The highest BCUT2D eigenvalue weighted by Gasteiger charge is 2.52. The largest absolute Gasteiger partial charge is 0.503 e. The second-order valence-corrected chi connectivity index (χ2v) is 9.68. The van der Waals surface area contributed by atoms with E-state index in [0.29, 0.717) is 31.5 Å². The molecule has 3 N–H and O–H groups in total. The van der Waals surface area contributed by atoms with Crippen molar-refractivity contribution in [3.63, 3.8) is 0 Å². The van der Waals surface area contributed by atoms with E-state index < -0.39 is 69.6 Å². The highest BCUT2D eigenvalue weighted by Crippen LogP contribution is 2.48. The van der Waals surface area contributed by atoms with Gasteiger partial charge in [-0.1, -0.05) is 0 Å². The molecule has 1 aromatic heterocycles. The topological polar surface area (TPSA) is 121 Å². The molecule has 2 fully saturated rings. The molecule has 0 aliphatic carbocycles. The normalized spacial score (nSPS) is 24.9. The molecule has 4 heterocycles. The van der Waals surface area contributed by atoms with Crippen LogP contribution >= 0.6 is 0 Å². The van der Waals surface area contributed by atoms with Crippen LogP contribution in [0.1, 0.15) is 58.6 Å². The lowest BCUT2D eigenvalue weighted by molar-refractivity contribution is -0.119. The van der Waals surface area contributed by atoms with Gasteiger partial charge in [-0.15, -0.1) is 0 Å². The summed E-state index contributed by atoms with van der Waals surface area (Å²) in [6, 6.07) is 0.219. The fraction of sp³-hybridized carbons (Fsp3) is 0.417. The first kappa shape index (κ1) is 23.9. The van der Waals surface area contributed by atoms with Crippen LogP contribution in [0.5, 0.6) is 5.75 Å². The molecule has 2 bridgehead atoms. The summed E-state index contributed by atoms with van der Waals surface area (Å²) in [7, 11) is 0. The maximum Gasteiger partial charge on any atom is 0.274 e. The fourth-order valence-electron chi connectivity index (χ4n) is 5.56. The minimum absolute atomic E-state index is 0.152. The van der Waals surface area contributed by atoms with Gasteiger partial charge in [0.1, 0.15) is 23.0 Å². The number of pyridine rings is 1. The van der Waals surface area contributed by atoms with Gasteiger partial charge < -0.3 is 25.2 Å². The minimum Gasteiger partial charge on any atom is -0.503 e. The SMILES string of the molecule is C[C@H]1CC[C@@]2(CNC(=O)C2)C2CN1C(=O)c1c(O)c(=O)c(C(=O)NCc3c(F)cc(F)cc3F)cn12. The first-order chi connectivity index (χ1) is 17.0. The average Bonchev–Trinajstić information content (AvgIpc) is 3.14. The zero-order chi connectivity index (χ0) is 25.9. The molecule has 1 spiro atoms. The Balaban J connectivity index is 1.55. The van der Waals surface area contributed by atoms with E-state index in [2.05, 4.69) is 10.6 Å². The molecular weight excluding hydrogens is 481 g/mol. The van der Waals surface area contributed by atoms with Gasteiger partial charge in [-0.25, -0.2) is 13.2 Å². The fourth-order valence-corrected chi connectivity index (χ4v) is 5.56. The third kappa shape index (κ3) is 3.62. The van der Waals surface area contributed by atoms with Crippen molar-refractivity contribution in [3.05, 3.63) is 62.8 Å². The van der Waals surface area contributed by atoms with E-state index in [-0.39, 0.29) is 30.6 Å². The van der Waals surface area contributed by atoms with Crippen LogP contribution in [0.4, 0.5) is 13.2 Å². The number of aromatic hydroxyl groups is 1. The number of carbonyl (C=O) groups excluding carboxylic acids is 3. The zero-order valence-electron chi connectivity index (χ0n) is 19.2. The molecule has 3 atom stereocenters. The Bertz CT molecular complexity index is 1350. The van der Waals surface area contributed by atoms with Crippen molar-refractivity contribution in [2.45, 2.75) is 44.8 Å². The highest BCUT2D eigenvalue weighted by molar-refractivity contribution is 5.99. The van der Waals surface area contributed by atoms with Crippen molar-refractivity contribution in [1.29, 1.82) is 0 Å². The van der Waals surface area contributed by atoms with Crippen LogP contribution in [0, 0.1) is 22.9 Å². The van der Waals surface area contributed by atoms with Crippen LogP contribution in [0.15, 0.2) is 23.1 Å². The number of fused-ring (bicyclic) bond motifs is 5. The summed E-state index contributed by atoms with van der Waals surface area (Å²) in [6.45, 7) is 1.73. The summed E-state index contributed by atoms with van der Waals surface area (Å²) >= 11 is 0. The van der Waals surface area contributed by atoms with Crippen LogP contribution in [0.25, 0.3) is 0 Å². The number of carbonyl (C=O) groups is 3. The number of hydrogen-bond donors (Lipinski definition) is 3. The molecule has 5 rings (SSSR count). The third-order valence-electron chi connectivity index (χ3n) is 7.60. The first-order valence-corrected chi connectivity index (χ1v) is 11.5. The van der Waals surface area contributed by atoms with Crippen molar-refractivity contribution in [3.8, 4) is 5.75 Å². The molecular formula is C24H23F3N4O5. The van der Waals surface area contributed by atoms with Gasteiger partial charge in [-0.2, -0.15) is 0 Å². The van der Waals surface area contributed by atoms with E-state index in [1.54, 1.807) is 4.90 Å². The van der Waals surface area contributed by atoms with Gasteiger partial charge in [0.05, 0.1) is 6.04 Å². The van der Waals surface area contributed by atoms with Crippen molar-refractivity contribution in [2.75, 3.05) is 13.1 Å². The summed E-state index contributed by atoms with van der Waals surface area (Å²) in [5.41, 5.74) is -3.13. The van der Waals surface area contributed by atoms with E-state index in [1.807, 2.05) is 6.92 Å². The zero-order valence-corrected chi connectivity index (χ0v) is 19.2. The Morgan fingerprint density at radius 1 is 1.22 bits per heavy atom. The number of nitrogens with zero attached hydrogens (tertiary/aromatic N) is 2. The molecule has 3 amide bonds. The second kappa shape index (κ2) is 8.38. The summed E-state index contributed by atoms with van der Waals surface area (Å²) in [5, 5.41) is 15.8. The number of aromatic nitrogens is 1. The third-order valence-corrected chi connectivity index (χ3v) is 7.60. The summed E-state index contributed by atoms with van der Waals surface area (Å²) in [4.78, 5) is 52.8. The molecule has 3 aliphatic heterocycles. The number of benzene rings is 1. The van der Waals surface area contributed by atoms with E-state index in [1.165, 1.54) is 4.57 Å². The Labute approximate surface area is 202 Å². The van der Waals surface area contributed by atoms with E-state index >= 15 is 0 Å². The van der Waals surface area contributed by atoms with Crippen LogP contribution in [0.2, 0.25) is 0 Å². The van der Waals surface area contributed by atoms with E-state index in [0.717, 1.165) is 6.20 Å². The Hall–Kier alpha value is -3.83. The molecule has 2 saturated heterocycles. The molecule has 0 saturated carbocycles. The molecule has 0 radical (unpaired) electrons. The molecule has 190 valence electrons. The Morgan fingerprint density at radius 2 is 1.92 bits per heavy atom. The lowest BCUT2D eigenvalue weighted by Gasteiger charge is -2.42. The molecule has 1 aromatic carbocycles. The second-order valence-electron chi connectivity index (χ2n) is 9.68. The van der Waals surface area contributed by atoms with Gasteiger partial charge in [0.25, 0.3) is 11.8 Å². The number of rotatable bonds is 3. The van der Waals surface area contributed by atoms with Crippen molar-refractivity contribution < 1.29 is 32.7 Å². The van der Waals surface area contributed by atoms with Gasteiger partial charge >= 0.3 is 0 Å². The number of halogens is 3. The highest BCUT2D eigenvalue weighted by atomic mass is 19.1. The summed E-state index contributed by atoms with van der Waals surface area (Å²) in [5.74, 6) is -6.22. The van der Waals surface area contributed by atoms with Gasteiger partial charge in [0.2, 0.25) is 11.3 Å². The lowest BCUT2D eigenvalue weighted by Crippen LogP contribution is -2.50. The number of amides is 3. The average molecular weight is 504 g/mol. The van der Waals surface area contributed by atoms with Gasteiger partial charge in [0.15, 0.2) is 11.4 Å². The maximum atomic E-state index is 14.0. The van der Waals surface area contributed by atoms with Crippen molar-refractivity contribution in [2.24, 2.45) is 5.41 Å². The van der Waals surface area contributed by atoms with Gasteiger partial charge in [-0.3, -0.25) is 19.2 Å². The van der Waals surface area contributed by atoms with Gasteiger partial charge in [-0.05, 0) is 19.8 Å². The standard InChI is InChI=1S/C24H23F3N4O5/c1-11-2-3-24(6-18(32)29-10-24)17-9-30(11)23(36)19-21(34)20(33)14(8-31(17)19)22(35)28-7-13-15(26)4-12(25)5-16(13)27/h4-5,8,11,17,34H,2-3,6-7,9-10H2,1H3,(H,28,35)(H,29,32)/t11-,17?,24+/m0/s1. The molecule has 2 aromatic rings. The van der Waals surface area contributed by atoms with Crippen LogP contribution in [-0.4, -0.2) is 51.4 Å². The van der Waals surface area contributed by atoms with Crippen molar-refractivity contribution >= 4 is 17.7 Å². The van der Waals surface area contributed by atoms with E-state index in [4.69, 9.17) is 0 Å². The predicted octanol–water partition coefficient (Wildman–Crippen LogP) is 1.59. The van der Waals surface area contributed by atoms with Crippen LogP contribution in [0.3, 0.4) is 0 Å². The lowest BCUT2D eigenvalue weighted by atomic mass is 9.75. The predicted molar refractivity (Wildman–Crippen MR) is 119 cm³/mol. The van der Waals surface area contributed by atoms with Crippen LogP contribution in [-0.2, 0) is 11.3 Å². The quantitative estimate of drug-likeness (QED) is 0.587. The van der Waals surface area contributed by atoms with Gasteiger partial charge in [0, 0.05) is 61.4 Å². The number of hydrogen-bond acceptors (Lipinski definition) is 5. The maximum absolute atomic E-state index is 14.0. The van der Waals surface area contributed by atoms with Crippen LogP contribution < -0.4 is 16.1 Å². The molecule has 3 aliphatic rings. The smallest absolute Gasteiger partial charge is 0.274 e. The summed E-state index contributed by atoms with van der Waals surface area (Å²) in [6.07, 6.45) is 2.55. The first-order valence-electron chi connectivity index (χ1n) is 11.5. The molecule has 9 nitrogen and oxygen atoms in total. The number of nitrogens with one attached hydrogen (secondary N) is 2. The monoisotopic (exact) mass is 504 g/mol. The molecule has 36 heavy (non-hydrogen) atoms. The minimum atomic E-state index is -1.21. The summed E-state index contributed by atoms with van der Waals surface area (Å²) < 4.78 is 42.5. The molecule has 12 heteroatoms. The Morgan fingerprint density at radius 3 is 2.56 bits per heavy atom. The van der Waals surface area contributed by atoms with E-state index in [9.17, 15) is 37.5 Å². The molecule has 1 unspecified atom stereocenters.